The Kier molecular flexibility index (Phi) is 12.6. The van der Waals surface area contributed by atoms with Crippen molar-refractivity contribution in [1.82, 2.24) is 40.5 Å². The first-order valence-electron chi connectivity index (χ1n) is 20.6. The van der Waals surface area contributed by atoms with Crippen molar-refractivity contribution in [3.05, 3.63) is 72.4 Å². The summed E-state index contributed by atoms with van der Waals surface area (Å²) < 4.78 is 9.66. The summed E-state index contributed by atoms with van der Waals surface area (Å²) in [6.45, 7) is 9.92. The van der Waals surface area contributed by atoms with Crippen LogP contribution in [0.5, 0.6) is 0 Å². The summed E-state index contributed by atoms with van der Waals surface area (Å²) in [6.07, 6.45) is 6.04. The quantitative estimate of drug-likeness (QED) is 0.0870. The lowest BCUT2D eigenvalue weighted by molar-refractivity contribution is -0.179. The molecule has 308 valence electrons. The smallest absolute Gasteiger partial charge is 0.407 e. The van der Waals surface area contributed by atoms with Gasteiger partial charge >= 0.3 is 12.2 Å². The number of nitrogens with one attached hydrogen (secondary N) is 4. The average molecular weight is 793 g/mol. The van der Waals surface area contributed by atoms with Crippen molar-refractivity contribution in [2.45, 2.75) is 90.4 Å². The molecule has 3 aromatic carbocycles. The van der Waals surface area contributed by atoms with E-state index in [1.807, 2.05) is 36.1 Å². The number of hydrogen-bond acceptors (Lipinski definition) is 9. The number of aromatic nitrogens is 4. The van der Waals surface area contributed by atoms with E-state index in [9.17, 15) is 14.4 Å². The Hall–Kier alpha value is -5.47. The van der Waals surface area contributed by atoms with Gasteiger partial charge in [-0.2, -0.15) is 5.06 Å². The number of carbonyl (C=O) groups excluding carboxylic acids is 3. The minimum Gasteiger partial charge on any atom is -0.453 e. The molecule has 0 aliphatic carbocycles. The van der Waals surface area contributed by atoms with Crippen LogP contribution in [0.15, 0.2) is 60.8 Å². The summed E-state index contributed by atoms with van der Waals surface area (Å²) in [5.41, 5.74) is 5.88. The van der Waals surface area contributed by atoms with Crippen molar-refractivity contribution in [3.63, 3.8) is 0 Å². The number of aromatic amines is 2. The largest absolute Gasteiger partial charge is 0.453 e. The Bertz CT molecular complexity index is 2240. The van der Waals surface area contributed by atoms with E-state index in [1.54, 1.807) is 0 Å². The highest BCUT2D eigenvalue weighted by molar-refractivity contribution is 5.92. The van der Waals surface area contributed by atoms with Gasteiger partial charge in [0, 0.05) is 18.7 Å². The number of rotatable bonds is 14. The van der Waals surface area contributed by atoms with Crippen molar-refractivity contribution in [3.8, 4) is 22.4 Å². The number of hydrogen-bond donors (Lipinski definition) is 4. The summed E-state index contributed by atoms with van der Waals surface area (Å²) >= 11 is 0. The van der Waals surface area contributed by atoms with Gasteiger partial charge in [0.25, 0.3) is 0 Å². The average Bonchev–Trinajstić information content (AvgIpc) is 4.09. The number of likely N-dealkylation sites (tertiary alicyclic amines) is 1. The van der Waals surface area contributed by atoms with E-state index in [-0.39, 0.29) is 35.9 Å². The first-order chi connectivity index (χ1) is 28.1. The van der Waals surface area contributed by atoms with Gasteiger partial charge < -0.3 is 35.0 Å². The molecule has 5 aromatic rings. The molecule has 0 radical (unpaired) electrons. The zero-order chi connectivity index (χ0) is 40.9. The van der Waals surface area contributed by atoms with E-state index < -0.39 is 18.2 Å². The van der Waals surface area contributed by atoms with Crippen LogP contribution in [0.3, 0.4) is 0 Å². The van der Waals surface area contributed by atoms with Gasteiger partial charge in [-0.3, -0.25) is 9.63 Å². The van der Waals surface area contributed by atoms with Crippen LogP contribution in [0.1, 0.15) is 90.0 Å². The minimum absolute atomic E-state index is 0.00680. The molecule has 4 heterocycles. The van der Waals surface area contributed by atoms with Crippen molar-refractivity contribution in [2.24, 2.45) is 11.8 Å². The number of H-pyrrole nitrogens is 2. The number of alkyl carbamates (subject to hydrolysis) is 2. The van der Waals surface area contributed by atoms with E-state index >= 15 is 0 Å². The first-order valence-corrected chi connectivity index (χ1v) is 20.6. The van der Waals surface area contributed by atoms with Gasteiger partial charge in [0.15, 0.2) is 0 Å². The molecule has 2 aliphatic rings. The molecule has 4 N–H and O–H groups in total. The summed E-state index contributed by atoms with van der Waals surface area (Å²) in [6, 6.07) is 18.1. The van der Waals surface area contributed by atoms with E-state index in [0.717, 1.165) is 101 Å². The number of amides is 3. The van der Waals surface area contributed by atoms with Crippen LogP contribution in [0.2, 0.25) is 0 Å². The molecule has 2 saturated heterocycles. The number of methoxy groups -OCH3 is 2. The topological polar surface area (TPSA) is 167 Å². The van der Waals surface area contributed by atoms with Crippen molar-refractivity contribution in [1.29, 1.82) is 0 Å². The Morgan fingerprint density at radius 2 is 1.45 bits per heavy atom. The molecule has 0 bridgehead atoms. The van der Waals surface area contributed by atoms with Crippen molar-refractivity contribution in [2.75, 3.05) is 33.9 Å². The number of ether oxygens (including phenoxy) is 2. The molecule has 6 atom stereocenters. The zero-order valence-electron chi connectivity index (χ0n) is 34.3. The van der Waals surface area contributed by atoms with Crippen LogP contribution >= 0.6 is 0 Å². The normalized spacial score (nSPS) is 19.2. The Labute approximate surface area is 339 Å². The van der Waals surface area contributed by atoms with E-state index in [1.165, 1.54) is 14.2 Å². The van der Waals surface area contributed by atoms with Crippen LogP contribution in [-0.2, 0) is 19.1 Å². The maximum atomic E-state index is 13.8. The second-order valence-corrected chi connectivity index (χ2v) is 15.7. The number of hydroxylamine groups is 2. The molecule has 0 spiro atoms. The number of fused-ring (bicyclic) bond motifs is 2. The van der Waals surface area contributed by atoms with Gasteiger partial charge in [-0.05, 0) is 83.7 Å². The fourth-order valence-corrected chi connectivity index (χ4v) is 8.16. The standard InChI is InChI=1S/C44H56N8O6/c1-7-26(3)36(49-43(54)56-5)25-58-52-20-10-12-38(52)40-45-24-35(48-40)32-16-15-28-21-29(13-14-30(28)22-32)31-17-18-33-34(23-31)47-41(46-33)37-11-9-19-51(37)42(53)39(27(4)8-2)50-44(55)57-6/h13-18,21-24,26-27,36-39H,7-12,19-20,25H2,1-6H3,(H,45,48)(H,46,47)(H,49,54)(H,50,55)/t26-,27-,36+,37-,38-,39-/m0/s1. The summed E-state index contributed by atoms with van der Waals surface area (Å²) in [5.74, 6) is 1.68. The molecule has 2 aliphatic heterocycles. The van der Waals surface area contributed by atoms with Crippen molar-refractivity contribution < 1.29 is 28.7 Å². The van der Waals surface area contributed by atoms with E-state index in [4.69, 9.17) is 24.3 Å². The highest BCUT2D eigenvalue weighted by Gasteiger charge is 2.38. The van der Waals surface area contributed by atoms with Crippen LogP contribution in [0.4, 0.5) is 9.59 Å². The predicted octanol–water partition coefficient (Wildman–Crippen LogP) is 8.05. The Morgan fingerprint density at radius 3 is 2.19 bits per heavy atom. The van der Waals surface area contributed by atoms with Gasteiger partial charge in [-0.15, -0.1) is 0 Å². The fraction of sp³-hybridized carbons (Fsp3) is 0.477. The maximum absolute atomic E-state index is 13.8. The zero-order valence-corrected chi connectivity index (χ0v) is 34.3. The molecular weight excluding hydrogens is 737 g/mol. The van der Waals surface area contributed by atoms with E-state index in [2.05, 4.69) is 83.0 Å². The third-order valence-corrected chi connectivity index (χ3v) is 12.1. The molecule has 58 heavy (non-hydrogen) atoms. The third kappa shape index (κ3) is 8.68. The second kappa shape index (κ2) is 18.0. The molecule has 0 saturated carbocycles. The maximum Gasteiger partial charge on any atom is 0.407 e. The summed E-state index contributed by atoms with van der Waals surface area (Å²) in [4.78, 5) is 62.8. The fourth-order valence-electron chi connectivity index (χ4n) is 8.16. The number of benzene rings is 3. The molecule has 2 fully saturated rings. The van der Waals surface area contributed by atoms with Crippen LogP contribution in [-0.4, -0.2) is 94.0 Å². The van der Waals surface area contributed by atoms with E-state index in [0.29, 0.717) is 13.2 Å². The number of carbonyl (C=O) groups is 3. The van der Waals surface area contributed by atoms with Crippen LogP contribution < -0.4 is 10.6 Å². The lowest BCUT2D eigenvalue weighted by Crippen LogP contribution is -2.51. The second-order valence-electron chi connectivity index (χ2n) is 15.7. The van der Waals surface area contributed by atoms with Gasteiger partial charge in [-0.25, -0.2) is 19.6 Å². The monoisotopic (exact) mass is 792 g/mol. The van der Waals surface area contributed by atoms with Gasteiger partial charge in [-0.1, -0.05) is 70.9 Å². The molecule has 14 nitrogen and oxygen atoms in total. The van der Waals surface area contributed by atoms with Gasteiger partial charge in [0.05, 0.1) is 61.9 Å². The molecule has 7 rings (SSSR count). The minimum atomic E-state index is -0.670. The highest BCUT2D eigenvalue weighted by atomic mass is 16.7. The SMILES string of the molecule is CC[C@H](C)[C@H](NC(=O)OC)C(=O)N1CCC[C@H]1c1nc2ccc(-c3ccc4cc(-c5cnc([C@@H]6CCCN6OC[C@@H](NC(=O)OC)[C@@H](C)CC)[nH]5)ccc4c3)cc2[nH]1. The number of nitrogens with zero attached hydrogens (tertiary/aromatic N) is 4. The predicted molar refractivity (Wildman–Crippen MR) is 223 cm³/mol. The van der Waals surface area contributed by atoms with Gasteiger partial charge in [0.1, 0.15) is 17.7 Å². The van der Waals surface area contributed by atoms with Gasteiger partial charge in [0.2, 0.25) is 5.91 Å². The molecule has 0 unspecified atom stereocenters. The number of imidazole rings is 2. The van der Waals surface area contributed by atoms with Crippen molar-refractivity contribution >= 4 is 39.9 Å². The lowest BCUT2D eigenvalue weighted by atomic mass is 9.97. The Balaban J connectivity index is 1.04. The third-order valence-electron chi connectivity index (χ3n) is 12.1. The molecular formula is C44H56N8O6. The Morgan fingerprint density at radius 1 is 0.793 bits per heavy atom. The van der Waals surface area contributed by atoms with Crippen LogP contribution in [0.25, 0.3) is 44.2 Å². The molecule has 2 aromatic heterocycles. The molecule has 3 amide bonds. The lowest BCUT2D eigenvalue weighted by Gasteiger charge is -2.30. The summed E-state index contributed by atoms with van der Waals surface area (Å²) in [5, 5.41) is 9.91. The highest BCUT2D eigenvalue weighted by Crippen LogP contribution is 2.36. The molecule has 14 heteroatoms. The van der Waals surface area contributed by atoms with Crippen LogP contribution in [0, 0.1) is 11.8 Å². The summed E-state index contributed by atoms with van der Waals surface area (Å²) in [7, 11) is 2.68. The first kappa shape index (κ1) is 40.7.